The number of aliphatic hydroxyl groups excluding tert-OH is 1. The maximum Gasteiger partial charge on any atom is 0.331 e. The molecule has 4 rings (SSSR count). The number of aliphatic hydroxyl groups is 1. The first-order valence-corrected chi connectivity index (χ1v) is 10.8. The molecule has 1 aliphatic rings. The number of thiazole rings is 1. The van der Waals surface area contributed by atoms with Gasteiger partial charge in [0, 0.05) is 36.7 Å². The number of hydrogen-bond acceptors (Lipinski definition) is 7. The van der Waals surface area contributed by atoms with Crippen LogP contribution in [0.15, 0.2) is 41.4 Å². The highest BCUT2D eigenvalue weighted by molar-refractivity contribution is 7.15. The van der Waals surface area contributed by atoms with Gasteiger partial charge in [-0.1, -0.05) is 18.2 Å². The minimum atomic E-state index is -1.02. The summed E-state index contributed by atoms with van der Waals surface area (Å²) in [6.07, 6.45) is 1.13. The van der Waals surface area contributed by atoms with E-state index in [-0.39, 0.29) is 0 Å². The Morgan fingerprint density at radius 2 is 2.16 bits per heavy atom. The van der Waals surface area contributed by atoms with Gasteiger partial charge in [-0.3, -0.25) is 10.3 Å². The summed E-state index contributed by atoms with van der Waals surface area (Å²) in [6.45, 7) is 4.37. The van der Waals surface area contributed by atoms with Gasteiger partial charge in [0.05, 0.1) is 17.1 Å². The Morgan fingerprint density at radius 1 is 1.32 bits per heavy atom. The standard InChI is InChI=1S/C22H24N6O2S/c1-13-14(2)31-21(25-13)27-22(30)28-19(29)9-10-24-18-8-7-17(26-20(18)28)16-6-4-5-15(11-16)12-23-3/h4-8,11-12,19,24,29H,9-10H2,1-3H3,(H,25,27,30)/t19-/m1/s1. The quantitative estimate of drug-likeness (QED) is 0.538. The average Bonchev–Trinajstić information content (AvgIpc) is 2.96. The maximum absolute atomic E-state index is 13.1. The van der Waals surface area contributed by atoms with Gasteiger partial charge in [-0.2, -0.15) is 0 Å². The number of benzene rings is 1. The number of carbonyl (C=O) groups is 1. The Morgan fingerprint density at radius 3 is 2.90 bits per heavy atom. The molecule has 0 spiro atoms. The number of fused-ring (bicyclic) bond motifs is 1. The van der Waals surface area contributed by atoms with Gasteiger partial charge in [-0.05, 0) is 37.6 Å². The molecule has 0 saturated carbocycles. The fourth-order valence-corrected chi connectivity index (χ4v) is 4.18. The van der Waals surface area contributed by atoms with Crippen LogP contribution in [0.5, 0.6) is 0 Å². The Labute approximate surface area is 184 Å². The van der Waals surface area contributed by atoms with Gasteiger partial charge in [-0.25, -0.2) is 19.7 Å². The summed E-state index contributed by atoms with van der Waals surface area (Å²) in [6, 6.07) is 11.1. The topological polar surface area (TPSA) is 103 Å². The van der Waals surface area contributed by atoms with Crippen LogP contribution in [-0.2, 0) is 0 Å². The molecule has 0 aliphatic carbocycles. The van der Waals surface area contributed by atoms with Crippen LogP contribution in [0.3, 0.4) is 0 Å². The first-order chi connectivity index (χ1) is 15.0. The minimum absolute atomic E-state index is 0.373. The molecule has 9 heteroatoms. The van der Waals surface area contributed by atoms with Crippen LogP contribution in [0.1, 0.15) is 22.6 Å². The molecule has 31 heavy (non-hydrogen) atoms. The lowest BCUT2D eigenvalue weighted by atomic mass is 10.1. The minimum Gasteiger partial charge on any atom is -0.382 e. The Hall–Kier alpha value is -3.30. The zero-order valence-corrected chi connectivity index (χ0v) is 18.4. The summed E-state index contributed by atoms with van der Waals surface area (Å²) in [4.78, 5) is 28.6. The zero-order valence-electron chi connectivity index (χ0n) is 17.6. The van der Waals surface area contributed by atoms with Crippen molar-refractivity contribution < 1.29 is 9.90 Å². The van der Waals surface area contributed by atoms with Crippen molar-refractivity contribution in [2.75, 3.05) is 29.1 Å². The molecule has 3 N–H and O–H groups in total. The summed E-state index contributed by atoms with van der Waals surface area (Å²) < 4.78 is 0. The van der Waals surface area contributed by atoms with E-state index in [1.165, 1.54) is 16.2 Å². The van der Waals surface area contributed by atoms with E-state index in [4.69, 9.17) is 4.98 Å². The molecule has 1 atom stereocenters. The normalized spacial score (nSPS) is 16.0. The van der Waals surface area contributed by atoms with Gasteiger partial charge in [-0.15, -0.1) is 11.3 Å². The van der Waals surface area contributed by atoms with E-state index >= 15 is 0 Å². The van der Waals surface area contributed by atoms with Crippen LogP contribution in [0.25, 0.3) is 11.3 Å². The number of anilines is 3. The van der Waals surface area contributed by atoms with Crippen molar-refractivity contribution in [1.29, 1.82) is 0 Å². The number of urea groups is 1. The summed E-state index contributed by atoms with van der Waals surface area (Å²) in [5.41, 5.74) is 4.10. The van der Waals surface area contributed by atoms with Gasteiger partial charge in [0.15, 0.2) is 10.9 Å². The molecule has 0 radical (unpaired) electrons. The van der Waals surface area contributed by atoms with Crippen LogP contribution in [-0.4, -0.2) is 47.1 Å². The zero-order chi connectivity index (χ0) is 22.0. The molecule has 0 fully saturated rings. The number of hydrogen-bond donors (Lipinski definition) is 3. The van der Waals surface area contributed by atoms with Crippen molar-refractivity contribution in [2.45, 2.75) is 26.5 Å². The van der Waals surface area contributed by atoms with Gasteiger partial charge < -0.3 is 10.4 Å². The second-order valence-corrected chi connectivity index (χ2v) is 8.44. The monoisotopic (exact) mass is 436 g/mol. The van der Waals surface area contributed by atoms with Gasteiger partial charge in [0.2, 0.25) is 0 Å². The summed E-state index contributed by atoms with van der Waals surface area (Å²) in [5, 5.41) is 17.3. The number of nitrogens with zero attached hydrogens (tertiary/aromatic N) is 4. The van der Waals surface area contributed by atoms with E-state index in [2.05, 4.69) is 20.6 Å². The van der Waals surface area contributed by atoms with Crippen LogP contribution in [0.2, 0.25) is 0 Å². The van der Waals surface area contributed by atoms with Crippen LogP contribution in [0, 0.1) is 13.8 Å². The molecule has 160 valence electrons. The van der Waals surface area contributed by atoms with Crippen molar-refractivity contribution in [3.8, 4) is 11.3 Å². The molecule has 0 bridgehead atoms. The maximum atomic E-state index is 13.1. The second-order valence-electron chi connectivity index (χ2n) is 7.24. The molecular weight excluding hydrogens is 412 g/mol. The van der Waals surface area contributed by atoms with E-state index in [1.54, 1.807) is 13.3 Å². The molecule has 1 aromatic carbocycles. The Balaban J connectivity index is 1.71. The van der Waals surface area contributed by atoms with Crippen molar-refractivity contribution in [1.82, 2.24) is 9.97 Å². The predicted molar refractivity (Wildman–Crippen MR) is 125 cm³/mol. The van der Waals surface area contributed by atoms with Gasteiger partial charge in [0.25, 0.3) is 0 Å². The molecule has 1 aliphatic heterocycles. The smallest absolute Gasteiger partial charge is 0.331 e. The fraction of sp³-hybridized carbons (Fsp3) is 0.273. The van der Waals surface area contributed by atoms with Crippen LogP contribution < -0.4 is 15.5 Å². The lowest BCUT2D eigenvalue weighted by Gasteiger charge is -2.26. The molecule has 3 aromatic rings. The third-order valence-electron chi connectivity index (χ3n) is 5.04. The van der Waals surface area contributed by atoms with E-state index < -0.39 is 12.3 Å². The highest BCUT2D eigenvalue weighted by atomic mass is 32.1. The highest BCUT2D eigenvalue weighted by Crippen LogP contribution is 2.33. The lowest BCUT2D eigenvalue weighted by Crippen LogP contribution is -2.43. The SMILES string of the molecule is CN=Cc1cccc(-c2ccc3c(n2)N(C(=O)Nc2nc(C)c(C)s2)[C@H](O)CCN3)c1. The first kappa shape index (κ1) is 21.0. The average molecular weight is 437 g/mol. The predicted octanol–water partition coefficient (Wildman–Crippen LogP) is 4.04. The first-order valence-electron chi connectivity index (χ1n) is 9.96. The van der Waals surface area contributed by atoms with E-state index in [0.29, 0.717) is 35.3 Å². The number of nitrogens with one attached hydrogen (secondary N) is 2. The lowest BCUT2D eigenvalue weighted by molar-refractivity contribution is 0.166. The fourth-order valence-electron chi connectivity index (χ4n) is 3.37. The van der Waals surface area contributed by atoms with Crippen molar-refractivity contribution >= 4 is 40.2 Å². The van der Waals surface area contributed by atoms with Crippen LogP contribution in [0.4, 0.5) is 21.4 Å². The molecule has 2 aromatic heterocycles. The number of aliphatic imine (C=N–C) groups is 1. The Bertz CT molecular complexity index is 1120. The van der Waals surface area contributed by atoms with Gasteiger partial charge >= 0.3 is 6.03 Å². The second kappa shape index (κ2) is 8.83. The molecule has 2 amide bonds. The number of pyridine rings is 1. The Kier molecular flexibility index (Phi) is 5.97. The number of aryl methyl sites for hydroxylation is 2. The number of carbonyl (C=O) groups excluding carboxylic acids is 1. The molecule has 0 unspecified atom stereocenters. The summed E-state index contributed by atoms with van der Waals surface area (Å²) in [7, 11) is 1.72. The van der Waals surface area contributed by atoms with Crippen molar-refractivity contribution in [2.24, 2.45) is 4.99 Å². The third kappa shape index (κ3) is 4.42. The number of rotatable bonds is 3. The molecule has 3 heterocycles. The summed E-state index contributed by atoms with van der Waals surface area (Å²) in [5.74, 6) is 0.375. The van der Waals surface area contributed by atoms with E-state index in [0.717, 1.165) is 21.7 Å². The molecular formula is C22H24N6O2S. The highest BCUT2D eigenvalue weighted by Gasteiger charge is 2.30. The molecule has 8 nitrogen and oxygen atoms in total. The van der Waals surface area contributed by atoms with E-state index in [1.807, 2.05) is 50.2 Å². The summed E-state index contributed by atoms with van der Waals surface area (Å²) >= 11 is 1.40. The number of amides is 2. The van der Waals surface area contributed by atoms with Crippen molar-refractivity contribution in [3.05, 3.63) is 52.5 Å². The van der Waals surface area contributed by atoms with Gasteiger partial charge in [0.1, 0.15) is 6.23 Å². The van der Waals surface area contributed by atoms with Crippen molar-refractivity contribution in [3.63, 3.8) is 0 Å². The molecule has 0 saturated heterocycles. The van der Waals surface area contributed by atoms with E-state index in [9.17, 15) is 9.90 Å². The van der Waals surface area contributed by atoms with Crippen LogP contribution >= 0.6 is 11.3 Å². The third-order valence-corrected chi connectivity index (χ3v) is 6.03. The largest absolute Gasteiger partial charge is 0.382 e. The number of aromatic nitrogens is 2.